The first-order chi connectivity index (χ1) is 12.1. The summed E-state index contributed by atoms with van der Waals surface area (Å²) in [6, 6.07) is 6.01. The van der Waals surface area contributed by atoms with Gasteiger partial charge < -0.3 is 19.5 Å². The third-order valence-corrected chi connectivity index (χ3v) is 4.03. The molecule has 3 rings (SSSR count). The van der Waals surface area contributed by atoms with Gasteiger partial charge in [-0.3, -0.25) is 9.69 Å². The Labute approximate surface area is 145 Å². The van der Waals surface area contributed by atoms with Crippen LogP contribution in [0.15, 0.2) is 24.3 Å². The molecule has 2 saturated heterocycles. The highest BCUT2D eigenvalue weighted by Crippen LogP contribution is 2.17. The van der Waals surface area contributed by atoms with Gasteiger partial charge in [0.15, 0.2) is 6.61 Å². The van der Waals surface area contributed by atoms with Crippen LogP contribution in [0.25, 0.3) is 0 Å². The van der Waals surface area contributed by atoms with Crippen LogP contribution in [0.1, 0.15) is 23.2 Å². The van der Waals surface area contributed by atoms with E-state index >= 15 is 0 Å². The smallest absolute Gasteiger partial charge is 0.338 e. The zero-order valence-corrected chi connectivity index (χ0v) is 13.7. The Balaban J connectivity index is 1.45. The fraction of sp³-hybridized carbons (Fsp3) is 0.471. The third-order valence-electron chi connectivity index (χ3n) is 4.03. The van der Waals surface area contributed by atoms with Crippen molar-refractivity contribution in [3.05, 3.63) is 29.8 Å². The molecular formula is C17H20N2O6. The van der Waals surface area contributed by atoms with E-state index in [0.29, 0.717) is 24.5 Å². The van der Waals surface area contributed by atoms with E-state index in [0.717, 1.165) is 24.3 Å². The van der Waals surface area contributed by atoms with Crippen molar-refractivity contribution in [2.24, 2.45) is 0 Å². The van der Waals surface area contributed by atoms with Gasteiger partial charge in [0, 0.05) is 19.7 Å². The van der Waals surface area contributed by atoms with E-state index in [1.54, 1.807) is 24.3 Å². The maximum atomic E-state index is 12.0. The lowest BCUT2D eigenvalue weighted by atomic mass is 10.2. The first-order valence-electron chi connectivity index (χ1n) is 8.23. The average Bonchev–Trinajstić information content (AvgIpc) is 3.29. The number of urea groups is 1. The molecule has 0 saturated carbocycles. The van der Waals surface area contributed by atoms with Crippen LogP contribution < -0.4 is 10.1 Å². The molecule has 25 heavy (non-hydrogen) atoms. The van der Waals surface area contributed by atoms with Crippen molar-refractivity contribution in [3.63, 3.8) is 0 Å². The van der Waals surface area contributed by atoms with Gasteiger partial charge in [-0.1, -0.05) is 0 Å². The Hall–Kier alpha value is -2.61. The average molecular weight is 348 g/mol. The van der Waals surface area contributed by atoms with Crippen molar-refractivity contribution in [2.75, 3.05) is 32.9 Å². The van der Waals surface area contributed by atoms with Crippen LogP contribution in [0.5, 0.6) is 5.75 Å². The van der Waals surface area contributed by atoms with E-state index in [-0.39, 0.29) is 12.6 Å². The number of carbonyl (C=O) groups is 3. The highest BCUT2D eigenvalue weighted by atomic mass is 16.5. The predicted octanol–water partition coefficient (Wildman–Crippen LogP) is 0.953. The molecule has 0 unspecified atom stereocenters. The first kappa shape index (κ1) is 17.2. The molecule has 3 amide bonds. The molecule has 8 heteroatoms. The number of nitrogens with one attached hydrogen (secondary N) is 1. The van der Waals surface area contributed by atoms with Crippen molar-refractivity contribution >= 4 is 17.9 Å². The fourth-order valence-electron chi connectivity index (χ4n) is 2.65. The largest absolute Gasteiger partial charge is 0.491 e. The zero-order valence-electron chi connectivity index (χ0n) is 13.7. The topological polar surface area (TPSA) is 94.2 Å². The minimum absolute atomic E-state index is 0.124. The monoisotopic (exact) mass is 348 g/mol. The summed E-state index contributed by atoms with van der Waals surface area (Å²) in [6.45, 7) is 1.48. The molecule has 0 spiro atoms. The summed E-state index contributed by atoms with van der Waals surface area (Å²) in [5, 5.41) is 2.51. The summed E-state index contributed by atoms with van der Waals surface area (Å²) >= 11 is 0. The molecule has 1 aromatic rings. The highest BCUT2D eigenvalue weighted by molar-refractivity contribution is 5.98. The van der Waals surface area contributed by atoms with Crippen LogP contribution in [-0.2, 0) is 14.3 Å². The van der Waals surface area contributed by atoms with Gasteiger partial charge in [-0.05, 0) is 37.1 Å². The van der Waals surface area contributed by atoms with E-state index in [9.17, 15) is 14.4 Å². The fourth-order valence-corrected chi connectivity index (χ4v) is 2.65. The summed E-state index contributed by atoms with van der Waals surface area (Å²) in [5.74, 6) is -0.532. The number of amides is 3. The summed E-state index contributed by atoms with van der Waals surface area (Å²) < 4.78 is 16.1. The van der Waals surface area contributed by atoms with Crippen LogP contribution in [0.2, 0.25) is 0 Å². The number of hydrogen-bond donors (Lipinski definition) is 1. The van der Waals surface area contributed by atoms with Gasteiger partial charge in [-0.25, -0.2) is 9.59 Å². The second-order valence-electron chi connectivity index (χ2n) is 5.82. The molecule has 2 fully saturated rings. The normalized spacial score (nSPS) is 19.6. The van der Waals surface area contributed by atoms with Crippen molar-refractivity contribution in [3.8, 4) is 5.75 Å². The van der Waals surface area contributed by atoms with Crippen LogP contribution in [0.4, 0.5) is 4.79 Å². The lowest BCUT2D eigenvalue weighted by molar-refractivity contribution is -0.130. The minimum Gasteiger partial charge on any atom is -0.491 e. The van der Waals surface area contributed by atoms with Crippen molar-refractivity contribution in [2.45, 2.75) is 18.9 Å². The number of benzene rings is 1. The van der Waals surface area contributed by atoms with Gasteiger partial charge in [0.2, 0.25) is 0 Å². The number of rotatable bonds is 6. The Morgan fingerprint density at radius 3 is 2.72 bits per heavy atom. The molecule has 2 aliphatic heterocycles. The first-order valence-corrected chi connectivity index (χ1v) is 8.23. The minimum atomic E-state index is -0.626. The molecule has 0 aromatic heterocycles. The molecule has 2 aliphatic rings. The van der Waals surface area contributed by atoms with Crippen LogP contribution in [-0.4, -0.2) is 61.8 Å². The maximum absolute atomic E-state index is 12.0. The highest BCUT2D eigenvalue weighted by Gasteiger charge is 2.26. The second-order valence-corrected chi connectivity index (χ2v) is 5.82. The molecular weight excluding hydrogens is 328 g/mol. The number of ether oxygens (including phenoxy) is 3. The summed E-state index contributed by atoms with van der Waals surface area (Å²) in [4.78, 5) is 36.2. The molecule has 0 aliphatic carbocycles. The standard InChI is InChI=1S/C17H20N2O6/c20-15(19-8-7-18-17(19)22)11-25-16(21)12-3-5-13(6-4-12)24-10-14-2-1-9-23-14/h3-6,14H,1-2,7-11H2,(H,18,22)/t14-/m1/s1. The Morgan fingerprint density at radius 1 is 1.28 bits per heavy atom. The Morgan fingerprint density at radius 2 is 2.08 bits per heavy atom. The van der Waals surface area contributed by atoms with Gasteiger partial charge in [0.05, 0.1) is 11.7 Å². The van der Waals surface area contributed by atoms with Gasteiger partial charge in [0.25, 0.3) is 5.91 Å². The lowest BCUT2D eigenvalue weighted by Crippen LogP contribution is -2.37. The van der Waals surface area contributed by atoms with E-state index in [1.165, 1.54) is 0 Å². The Kier molecular flexibility index (Phi) is 5.49. The van der Waals surface area contributed by atoms with Gasteiger partial charge in [-0.15, -0.1) is 0 Å². The summed E-state index contributed by atoms with van der Waals surface area (Å²) in [6.07, 6.45) is 2.17. The van der Waals surface area contributed by atoms with Crippen molar-refractivity contribution in [1.29, 1.82) is 0 Å². The molecule has 1 N–H and O–H groups in total. The molecule has 134 valence electrons. The third kappa shape index (κ3) is 4.48. The quantitative estimate of drug-likeness (QED) is 0.770. The second kappa shape index (κ2) is 7.98. The number of esters is 1. The number of hydrogen-bond acceptors (Lipinski definition) is 6. The number of imide groups is 1. The molecule has 1 aromatic carbocycles. The maximum Gasteiger partial charge on any atom is 0.338 e. The SMILES string of the molecule is O=C(OCC(=O)N1CCNC1=O)c1ccc(OC[C@H]2CCCO2)cc1. The zero-order chi connectivity index (χ0) is 17.6. The van der Waals surface area contributed by atoms with Crippen LogP contribution in [0, 0.1) is 0 Å². The van der Waals surface area contributed by atoms with E-state index in [1.807, 2.05) is 0 Å². The summed E-state index contributed by atoms with van der Waals surface area (Å²) in [5.41, 5.74) is 0.308. The van der Waals surface area contributed by atoms with Gasteiger partial charge >= 0.3 is 12.0 Å². The van der Waals surface area contributed by atoms with Gasteiger partial charge in [0.1, 0.15) is 12.4 Å². The number of carbonyl (C=O) groups excluding carboxylic acids is 3. The van der Waals surface area contributed by atoms with Crippen molar-refractivity contribution in [1.82, 2.24) is 10.2 Å². The van der Waals surface area contributed by atoms with E-state index in [2.05, 4.69) is 5.32 Å². The Bertz CT molecular complexity index is 639. The summed E-state index contributed by atoms with van der Waals surface area (Å²) in [7, 11) is 0. The molecule has 0 radical (unpaired) electrons. The molecule has 2 heterocycles. The molecule has 1 atom stereocenters. The van der Waals surface area contributed by atoms with Crippen LogP contribution >= 0.6 is 0 Å². The number of nitrogens with zero attached hydrogens (tertiary/aromatic N) is 1. The van der Waals surface area contributed by atoms with E-state index in [4.69, 9.17) is 14.2 Å². The van der Waals surface area contributed by atoms with E-state index < -0.39 is 24.5 Å². The van der Waals surface area contributed by atoms with Crippen molar-refractivity contribution < 1.29 is 28.6 Å². The predicted molar refractivity (Wildman–Crippen MR) is 86.3 cm³/mol. The molecule has 8 nitrogen and oxygen atoms in total. The van der Waals surface area contributed by atoms with Gasteiger partial charge in [-0.2, -0.15) is 0 Å². The molecule has 0 bridgehead atoms. The van der Waals surface area contributed by atoms with Crippen LogP contribution in [0.3, 0.4) is 0 Å². The lowest BCUT2D eigenvalue weighted by Gasteiger charge is -2.13.